The van der Waals surface area contributed by atoms with Crippen molar-refractivity contribution in [2.45, 2.75) is 56.0 Å². The lowest BCUT2D eigenvalue weighted by atomic mass is 9.93. The lowest BCUT2D eigenvalue weighted by Gasteiger charge is -2.29. The quantitative estimate of drug-likeness (QED) is 0.186. The molecule has 13 nitrogen and oxygen atoms in total. The van der Waals surface area contributed by atoms with Gasteiger partial charge in [-0.2, -0.15) is 10.2 Å². The van der Waals surface area contributed by atoms with Crippen LogP contribution in [0.15, 0.2) is 36.4 Å². The molecule has 3 aromatic rings. The van der Waals surface area contributed by atoms with Crippen LogP contribution in [-0.2, 0) is 35.4 Å². The number of aliphatic hydroxyl groups excluding tert-OH is 1. The topological polar surface area (TPSA) is 205 Å². The molecule has 1 fully saturated rings. The van der Waals surface area contributed by atoms with E-state index in [1.807, 2.05) is 0 Å². The number of aryl methyl sites for hydroxylation is 1. The van der Waals surface area contributed by atoms with Crippen LogP contribution in [0.25, 0.3) is 5.52 Å². The number of hydrogen-bond acceptors (Lipinski definition) is 12. The third kappa shape index (κ3) is 6.30. The second-order valence-corrected chi connectivity index (χ2v) is 13.6. The molecule has 3 heterocycles. The molecule has 1 aliphatic rings. The Bertz CT molecular complexity index is 1650. The molecule has 0 amide bonds. The highest BCUT2D eigenvalue weighted by atomic mass is 79.9. The van der Waals surface area contributed by atoms with Crippen LogP contribution in [0.3, 0.4) is 0 Å². The molecule has 230 valence electrons. The van der Waals surface area contributed by atoms with Crippen molar-refractivity contribution in [3.05, 3.63) is 47.7 Å². The molecule has 4 rings (SSSR count). The molecule has 0 aliphatic carbocycles. The Labute approximate surface area is 255 Å². The third-order valence-corrected chi connectivity index (χ3v) is 10.2. The number of Topliss-reactive ketones (excluding diaryl/α,β-unsaturated/α-hetero) is 2. The fraction of sp³-hybridized carbons (Fsp3) is 0.444. The van der Waals surface area contributed by atoms with E-state index in [4.69, 9.17) is 25.3 Å². The summed E-state index contributed by atoms with van der Waals surface area (Å²) >= 11 is 2.84. The van der Waals surface area contributed by atoms with E-state index < -0.39 is 42.5 Å². The van der Waals surface area contributed by atoms with Gasteiger partial charge < -0.3 is 30.6 Å². The summed E-state index contributed by atoms with van der Waals surface area (Å²) in [4.78, 5) is 27.5. The summed E-state index contributed by atoms with van der Waals surface area (Å²) in [5.41, 5.74) is 9.75. The number of carbonyl (C=O) groups excluding carboxylic acids is 2. The second-order valence-electron chi connectivity index (χ2n) is 10.4. The first-order valence-electron chi connectivity index (χ1n) is 13.2. The Morgan fingerprint density at radius 1 is 1.30 bits per heavy atom. The van der Waals surface area contributed by atoms with Crippen LogP contribution in [0.5, 0.6) is 5.75 Å². The van der Waals surface area contributed by atoms with E-state index in [-0.39, 0.29) is 52.9 Å². The van der Waals surface area contributed by atoms with E-state index in [2.05, 4.69) is 26.0 Å². The van der Waals surface area contributed by atoms with Gasteiger partial charge in [0.2, 0.25) is 16.1 Å². The van der Waals surface area contributed by atoms with Crippen molar-refractivity contribution in [3.63, 3.8) is 0 Å². The molecule has 6 atom stereocenters. The Hall–Kier alpha value is -3.41. The minimum atomic E-state index is -4.19. The molecule has 0 spiro atoms. The fourth-order valence-electron chi connectivity index (χ4n) is 4.66. The average molecular weight is 681 g/mol. The molecule has 5 N–H and O–H groups in total. The number of nitrogens with zero attached hydrogens (tertiary/aromatic N) is 4. The predicted molar refractivity (Wildman–Crippen MR) is 157 cm³/mol. The van der Waals surface area contributed by atoms with E-state index in [1.54, 1.807) is 37.3 Å². The van der Waals surface area contributed by atoms with Gasteiger partial charge in [-0.1, -0.05) is 25.1 Å². The fourth-order valence-corrected chi connectivity index (χ4v) is 7.35. The molecule has 0 radical (unpaired) electrons. The van der Waals surface area contributed by atoms with Gasteiger partial charge in [0.15, 0.2) is 5.82 Å². The molecule has 1 saturated heterocycles. The molecular weight excluding hydrogens is 650 g/mol. The maximum Gasteiger partial charge on any atom is 0.380 e. The minimum absolute atomic E-state index is 0.0365. The normalized spacial score (nSPS) is 25.6. The van der Waals surface area contributed by atoms with Gasteiger partial charge in [0.25, 0.3) is 0 Å². The number of nitriles is 1. The van der Waals surface area contributed by atoms with Crippen molar-refractivity contribution in [1.29, 1.82) is 5.26 Å². The molecule has 43 heavy (non-hydrogen) atoms. The van der Waals surface area contributed by atoms with E-state index in [9.17, 15) is 24.5 Å². The van der Waals surface area contributed by atoms with E-state index in [0.717, 1.165) is 4.52 Å². The number of aliphatic hydroxyl groups is 1. The predicted octanol–water partition coefficient (Wildman–Crippen LogP) is 3.47. The number of nitrogen functional groups attached to an aromatic ring is 2. The highest BCUT2D eigenvalue weighted by molar-refractivity contribution is 9.10. The number of fused-ring (bicyclic) bond motifs is 1. The Kier molecular flexibility index (Phi) is 9.30. The Morgan fingerprint density at radius 3 is 2.65 bits per heavy atom. The van der Waals surface area contributed by atoms with Gasteiger partial charge >= 0.3 is 7.60 Å². The zero-order valence-corrected chi connectivity index (χ0v) is 26.0. The SMILES string of the molecule is CC(=O)CCc1ccccc1OP(=O)(C[C@@H](C)C(C)=O)OC[C@H]1O[C@@](C#N)(c2ccc3c(N)nc(N)nn23)C(F)(Br)[C@H]1O. The van der Waals surface area contributed by atoms with Crippen LogP contribution >= 0.6 is 23.5 Å². The standard InChI is InChI=1S/C27H31BrFN6O7P/c1-15(17(3)37)13-43(39,42-20-7-5-4-6-18(20)9-8-16(2)36)40-12-21-23(38)27(28,29)26(14-30,41-21)22-11-10-19-24(31)33-25(32)34-35(19)22/h4-7,10-11,15,21,23,38H,8-9,12-13H2,1-3H3,(H4,31,32,33,34)/t15-,21-,23+,26+,27?,43?/m1/s1. The first kappa shape index (κ1) is 32.5. The number of carbonyl (C=O) groups is 2. The molecular formula is C27H31BrFN6O7P. The smallest absolute Gasteiger partial charge is 0.380 e. The summed E-state index contributed by atoms with van der Waals surface area (Å²) < 4.78 is 46.0. The molecule has 1 aliphatic heterocycles. The molecule has 2 unspecified atom stereocenters. The summed E-state index contributed by atoms with van der Waals surface area (Å²) in [6.45, 7) is 3.63. The molecule has 0 saturated carbocycles. The number of ether oxygens (including phenoxy) is 1. The van der Waals surface area contributed by atoms with Gasteiger partial charge in [-0.05, 0) is 60.0 Å². The van der Waals surface area contributed by atoms with E-state index in [1.165, 1.54) is 26.0 Å². The van der Waals surface area contributed by atoms with E-state index in [0.29, 0.717) is 12.0 Å². The van der Waals surface area contributed by atoms with Crippen LogP contribution in [0.1, 0.15) is 38.4 Å². The van der Waals surface area contributed by atoms with Crippen LogP contribution in [0.4, 0.5) is 16.2 Å². The second kappa shape index (κ2) is 12.3. The van der Waals surface area contributed by atoms with Crippen LogP contribution in [0, 0.1) is 17.2 Å². The third-order valence-electron chi connectivity index (χ3n) is 7.18. The first-order chi connectivity index (χ1) is 20.1. The lowest BCUT2D eigenvalue weighted by molar-refractivity contribution is -0.120. The largest absolute Gasteiger partial charge is 0.424 e. The van der Waals surface area contributed by atoms with Crippen molar-refractivity contribution in [1.82, 2.24) is 14.6 Å². The lowest BCUT2D eigenvalue weighted by Crippen LogP contribution is -2.46. The monoisotopic (exact) mass is 680 g/mol. The molecule has 1 aromatic carbocycles. The number of para-hydroxylation sites is 1. The zero-order valence-electron chi connectivity index (χ0n) is 23.6. The Balaban J connectivity index is 1.66. The van der Waals surface area contributed by atoms with Gasteiger partial charge in [0.1, 0.15) is 41.1 Å². The number of nitrogens with two attached hydrogens (primary N) is 2. The summed E-state index contributed by atoms with van der Waals surface area (Å²) in [7, 11) is -4.19. The van der Waals surface area contributed by atoms with Gasteiger partial charge in [-0.15, -0.1) is 5.10 Å². The maximum absolute atomic E-state index is 16.3. The Morgan fingerprint density at radius 2 is 2.00 bits per heavy atom. The summed E-state index contributed by atoms with van der Waals surface area (Å²) in [5, 5.41) is 25.2. The average Bonchev–Trinajstić information content (AvgIpc) is 3.44. The van der Waals surface area contributed by atoms with Crippen LogP contribution < -0.4 is 16.0 Å². The van der Waals surface area contributed by atoms with Crippen molar-refractivity contribution in [3.8, 4) is 11.8 Å². The summed E-state index contributed by atoms with van der Waals surface area (Å²) in [6.07, 6.45) is -3.39. The minimum Gasteiger partial charge on any atom is -0.424 e. The molecule has 2 aromatic heterocycles. The number of anilines is 2. The number of ketones is 2. The molecule has 0 bridgehead atoms. The van der Waals surface area contributed by atoms with Gasteiger partial charge in [-0.25, -0.2) is 13.5 Å². The highest BCUT2D eigenvalue weighted by Gasteiger charge is 2.69. The van der Waals surface area contributed by atoms with Crippen LogP contribution in [0.2, 0.25) is 0 Å². The van der Waals surface area contributed by atoms with Crippen molar-refractivity contribution >= 4 is 52.4 Å². The maximum atomic E-state index is 16.3. The van der Waals surface area contributed by atoms with Gasteiger partial charge in [-0.3, -0.25) is 9.32 Å². The van der Waals surface area contributed by atoms with Crippen molar-refractivity contribution in [2.24, 2.45) is 5.92 Å². The molecule has 16 heteroatoms. The van der Waals surface area contributed by atoms with Crippen LogP contribution in [-0.4, -0.2) is 60.8 Å². The van der Waals surface area contributed by atoms with Crippen molar-refractivity contribution in [2.75, 3.05) is 24.2 Å². The van der Waals surface area contributed by atoms with Gasteiger partial charge in [0.05, 0.1) is 18.5 Å². The van der Waals surface area contributed by atoms with Gasteiger partial charge in [0, 0.05) is 12.3 Å². The summed E-state index contributed by atoms with van der Waals surface area (Å²) in [5.74, 6) is -1.19. The van der Waals surface area contributed by atoms with E-state index >= 15 is 4.39 Å². The number of alkyl halides is 2. The summed E-state index contributed by atoms with van der Waals surface area (Å²) in [6, 6.07) is 11.2. The number of hydrogen-bond donors (Lipinski definition) is 3. The number of halogens is 2. The van der Waals surface area contributed by atoms with Crippen molar-refractivity contribution < 1.29 is 37.4 Å². The first-order valence-corrected chi connectivity index (χ1v) is 15.7. The highest BCUT2D eigenvalue weighted by Crippen LogP contribution is 2.56. The number of aromatic nitrogens is 3. The number of rotatable bonds is 12. The number of benzene rings is 1. The zero-order chi connectivity index (χ0) is 31.7.